The Morgan fingerprint density at radius 3 is 3.00 bits per heavy atom. The molecule has 3 rings (SSSR count). The second-order valence-corrected chi connectivity index (χ2v) is 6.15. The summed E-state index contributed by atoms with van der Waals surface area (Å²) in [7, 11) is 0. The van der Waals surface area contributed by atoms with Crippen LogP contribution in [0.1, 0.15) is 5.56 Å². The van der Waals surface area contributed by atoms with E-state index in [-0.39, 0.29) is 18.0 Å². The molecule has 0 spiro atoms. The largest absolute Gasteiger partial charge is 0.323 e. The van der Waals surface area contributed by atoms with Crippen LogP contribution >= 0.6 is 22.9 Å². The van der Waals surface area contributed by atoms with E-state index >= 15 is 0 Å². The molecule has 2 heterocycles. The number of nitrogens with zero attached hydrogens (tertiary/aromatic N) is 2. The van der Waals surface area contributed by atoms with Gasteiger partial charge in [-0.15, -0.1) is 11.3 Å². The van der Waals surface area contributed by atoms with Crippen molar-refractivity contribution in [3.8, 4) is 0 Å². The highest BCUT2D eigenvalue weighted by Crippen LogP contribution is 2.22. The number of rotatable bonds is 3. The first kappa shape index (κ1) is 14.7. The summed E-state index contributed by atoms with van der Waals surface area (Å²) in [6.45, 7) is 1.81. The quantitative estimate of drug-likeness (QED) is 0.801. The topological polar surface area (TPSA) is 64.0 Å². The zero-order valence-corrected chi connectivity index (χ0v) is 13.2. The molecule has 3 aromatic rings. The molecule has 1 amide bonds. The predicted octanol–water partition coefficient (Wildman–Crippen LogP) is 3.06. The van der Waals surface area contributed by atoms with Crippen LogP contribution in [0.2, 0.25) is 5.02 Å². The minimum Gasteiger partial charge on any atom is -0.323 e. The summed E-state index contributed by atoms with van der Waals surface area (Å²) < 4.78 is 1.28. The number of benzene rings is 1. The zero-order chi connectivity index (χ0) is 15.7. The first-order chi connectivity index (χ1) is 10.5. The van der Waals surface area contributed by atoms with Crippen LogP contribution in [0.15, 0.2) is 40.8 Å². The molecule has 0 fully saturated rings. The van der Waals surface area contributed by atoms with Crippen molar-refractivity contribution >= 4 is 44.7 Å². The Morgan fingerprint density at radius 1 is 1.41 bits per heavy atom. The molecule has 5 nitrogen and oxygen atoms in total. The Hall–Kier alpha value is -2.18. The Morgan fingerprint density at radius 2 is 2.23 bits per heavy atom. The fourth-order valence-corrected chi connectivity index (χ4v) is 3.08. The third kappa shape index (κ3) is 2.88. The minimum atomic E-state index is -0.329. The highest BCUT2D eigenvalue weighted by Gasteiger charge is 2.10. The van der Waals surface area contributed by atoms with Crippen LogP contribution in [0.5, 0.6) is 0 Å². The van der Waals surface area contributed by atoms with Gasteiger partial charge in [0, 0.05) is 0 Å². The van der Waals surface area contributed by atoms with Crippen LogP contribution in [0.3, 0.4) is 0 Å². The van der Waals surface area contributed by atoms with Crippen molar-refractivity contribution < 1.29 is 4.79 Å². The van der Waals surface area contributed by atoms with E-state index in [1.165, 1.54) is 22.2 Å². The van der Waals surface area contributed by atoms with Crippen molar-refractivity contribution in [2.75, 3.05) is 5.32 Å². The smallest absolute Gasteiger partial charge is 0.262 e. The maximum absolute atomic E-state index is 12.2. The molecule has 0 aliphatic heterocycles. The van der Waals surface area contributed by atoms with Crippen molar-refractivity contribution in [2.24, 2.45) is 0 Å². The van der Waals surface area contributed by atoms with Crippen LogP contribution in [0.25, 0.3) is 10.2 Å². The van der Waals surface area contributed by atoms with Gasteiger partial charge in [-0.3, -0.25) is 14.2 Å². The number of aryl methyl sites for hydroxylation is 1. The van der Waals surface area contributed by atoms with Crippen molar-refractivity contribution in [3.63, 3.8) is 0 Å². The lowest BCUT2D eigenvalue weighted by Gasteiger charge is -2.09. The van der Waals surface area contributed by atoms with Gasteiger partial charge in [0.1, 0.15) is 11.4 Å². The predicted molar refractivity (Wildman–Crippen MR) is 88.7 cm³/mol. The molecule has 2 aromatic heterocycles. The summed E-state index contributed by atoms with van der Waals surface area (Å²) >= 11 is 7.47. The second kappa shape index (κ2) is 5.90. The molecule has 0 unspecified atom stereocenters. The van der Waals surface area contributed by atoms with E-state index in [4.69, 9.17) is 11.6 Å². The van der Waals surface area contributed by atoms with Gasteiger partial charge in [-0.2, -0.15) is 0 Å². The summed E-state index contributed by atoms with van der Waals surface area (Å²) in [4.78, 5) is 29.1. The van der Waals surface area contributed by atoms with Crippen LogP contribution in [-0.4, -0.2) is 15.5 Å². The number of anilines is 1. The van der Waals surface area contributed by atoms with E-state index < -0.39 is 0 Å². The minimum absolute atomic E-state index is 0.109. The van der Waals surface area contributed by atoms with E-state index in [1.54, 1.807) is 23.6 Å². The molecule has 0 saturated carbocycles. The Kier molecular flexibility index (Phi) is 3.96. The number of fused-ring (bicyclic) bond motifs is 1. The molecule has 1 N–H and O–H groups in total. The molecule has 7 heteroatoms. The van der Waals surface area contributed by atoms with Crippen LogP contribution in [0.4, 0.5) is 5.69 Å². The Bertz CT molecular complexity index is 917. The molecule has 1 aromatic carbocycles. The van der Waals surface area contributed by atoms with Gasteiger partial charge in [0.25, 0.3) is 5.56 Å². The average Bonchev–Trinajstić information content (AvgIpc) is 2.94. The summed E-state index contributed by atoms with van der Waals surface area (Å²) in [5.41, 5.74) is 1.30. The second-order valence-electron chi connectivity index (χ2n) is 4.85. The van der Waals surface area contributed by atoms with Crippen molar-refractivity contribution in [1.29, 1.82) is 0 Å². The van der Waals surface area contributed by atoms with E-state index in [1.807, 2.05) is 13.0 Å². The van der Waals surface area contributed by atoms with Crippen LogP contribution in [-0.2, 0) is 11.3 Å². The summed E-state index contributed by atoms with van der Waals surface area (Å²) in [6.07, 6.45) is 1.39. The molecule has 0 radical (unpaired) electrons. The highest BCUT2D eigenvalue weighted by molar-refractivity contribution is 7.16. The van der Waals surface area contributed by atoms with Crippen molar-refractivity contribution in [3.05, 3.63) is 56.9 Å². The SMILES string of the molecule is Cc1ccc(NC(=O)Cn2cnc3sccc3c2=O)c(Cl)c1. The molecular weight excluding hydrogens is 322 g/mol. The molecule has 0 bridgehead atoms. The van der Waals surface area contributed by atoms with Gasteiger partial charge in [-0.25, -0.2) is 4.98 Å². The number of nitrogens with one attached hydrogen (secondary N) is 1. The lowest BCUT2D eigenvalue weighted by molar-refractivity contribution is -0.116. The number of hydrogen-bond donors (Lipinski definition) is 1. The monoisotopic (exact) mass is 333 g/mol. The number of carbonyl (C=O) groups excluding carboxylic acids is 1. The number of thiophene rings is 1. The number of carbonyl (C=O) groups is 1. The number of hydrogen-bond acceptors (Lipinski definition) is 4. The molecular formula is C15H12ClN3O2S. The fourth-order valence-electron chi connectivity index (χ4n) is 2.07. The number of aromatic nitrogens is 2. The third-order valence-corrected chi connectivity index (χ3v) is 4.30. The first-order valence-corrected chi connectivity index (χ1v) is 7.79. The number of amides is 1. The van der Waals surface area contributed by atoms with Gasteiger partial charge >= 0.3 is 0 Å². The van der Waals surface area contributed by atoms with Gasteiger partial charge in [0.2, 0.25) is 5.91 Å². The Labute approximate surface area is 135 Å². The molecule has 112 valence electrons. The summed E-state index contributed by atoms with van der Waals surface area (Å²) in [5, 5.41) is 5.49. The van der Waals surface area contributed by atoms with Gasteiger partial charge < -0.3 is 5.32 Å². The summed E-state index contributed by atoms with van der Waals surface area (Å²) in [5.74, 6) is -0.329. The Balaban J connectivity index is 1.81. The van der Waals surface area contributed by atoms with Crippen molar-refractivity contribution in [2.45, 2.75) is 13.5 Å². The first-order valence-electron chi connectivity index (χ1n) is 6.53. The molecule has 22 heavy (non-hydrogen) atoms. The summed E-state index contributed by atoms with van der Waals surface area (Å²) in [6, 6.07) is 7.06. The lowest BCUT2D eigenvalue weighted by Crippen LogP contribution is -2.27. The molecule has 0 aliphatic rings. The zero-order valence-electron chi connectivity index (χ0n) is 11.7. The van der Waals surface area contributed by atoms with E-state index in [9.17, 15) is 9.59 Å². The van der Waals surface area contributed by atoms with E-state index in [0.717, 1.165) is 5.56 Å². The fraction of sp³-hybridized carbons (Fsp3) is 0.133. The van der Waals surface area contributed by atoms with Gasteiger partial charge in [0.05, 0.1) is 22.4 Å². The van der Waals surface area contributed by atoms with Crippen LogP contribution < -0.4 is 10.9 Å². The number of halogens is 1. The van der Waals surface area contributed by atoms with E-state index in [0.29, 0.717) is 20.9 Å². The van der Waals surface area contributed by atoms with Gasteiger partial charge in [-0.1, -0.05) is 17.7 Å². The standard InChI is InChI=1S/C15H12ClN3O2S/c1-9-2-3-12(11(16)6-9)18-13(20)7-19-8-17-14-10(15(19)21)4-5-22-14/h2-6,8H,7H2,1H3,(H,18,20). The van der Waals surface area contributed by atoms with Gasteiger partial charge in [0.15, 0.2) is 0 Å². The normalized spacial score (nSPS) is 10.8. The van der Waals surface area contributed by atoms with E-state index in [2.05, 4.69) is 10.3 Å². The third-order valence-electron chi connectivity index (χ3n) is 3.16. The average molecular weight is 334 g/mol. The maximum atomic E-state index is 12.2. The van der Waals surface area contributed by atoms with Gasteiger partial charge in [-0.05, 0) is 36.1 Å². The molecule has 0 saturated heterocycles. The molecule has 0 atom stereocenters. The van der Waals surface area contributed by atoms with Crippen molar-refractivity contribution in [1.82, 2.24) is 9.55 Å². The lowest BCUT2D eigenvalue weighted by atomic mass is 10.2. The maximum Gasteiger partial charge on any atom is 0.262 e. The molecule has 0 aliphatic carbocycles. The van der Waals surface area contributed by atoms with Crippen LogP contribution in [0, 0.1) is 6.92 Å². The highest BCUT2D eigenvalue weighted by atomic mass is 35.5.